The van der Waals surface area contributed by atoms with Crippen LogP contribution >= 0.6 is 35.0 Å². The van der Waals surface area contributed by atoms with Gasteiger partial charge in [-0.05, 0) is 29.7 Å². The Bertz CT molecular complexity index is 941. The molecule has 31 heavy (non-hydrogen) atoms. The average Bonchev–Trinajstić information content (AvgIpc) is 2.75. The lowest BCUT2D eigenvalue weighted by molar-refractivity contribution is -0.384. The number of hydrogen-bond acceptors (Lipinski definition) is 5. The first-order chi connectivity index (χ1) is 14.8. The molecule has 2 aromatic rings. The third-order valence-corrected chi connectivity index (χ3v) is 6.21. The van der Waals surface area contributed by atoms with Crippen molar-refractivity contribution >= 4 is 52.5 Å². The van der Waals surface area contributed by atoms with Crippen LogP contribution in [0.3, 0.4) is 0 Å². The van der Waals surface area contributed by atoms with E-state index in [-0.39, 0.29) is 29.8 Å². The molecule has 0 aromatic heterocycles. The highest BCUT2D eigenvalue weighted by Crippen LogP contribution is 2.24. The van der Waals surface area contributed by atoms with Crippen molar-refractivity contribution in [3.8, 4) is 0 Å². The standard InChI is InChI=1S/C21H23Cl2N3O4S/c1-3-19(21(28)24-2)25(11-15-6-7-16(22)10-18(15)23)20(27)13-31-12-14-4-8-17(9-5-14)26(29)30/h4-10,19H,3,11-13H2,1-2H3,(H,24,28)/t19-/m1/s1. The summed E-state index contributed by atoms with van der Waals surface area (Å²) in [6, 6.07) is 10.6. The van der Waals surface area contributed by atoms with Gasteiger partial charge in [-0.3, -0.25) is 19.7 Å². The largest absolute Gasteiger partial charge is 0.357 e. The molecule has 166 valence electrons. The summed E-state index contributed by atoms with van der Waals surface area (Å²) in [4.78, 5) is 37.3. The minimum atomic E-state index is -0.635. The molecule has 2 rings (SSSR count). The summed E-state index contributed by atoms with van der Waals surface area (Å²) in [6.45, 7) is 2.02. The number of nitro benzene ring substituents is 1. The predicted octanol–water partition coefficient (Wildman–Crippen LogP) is 4.69. The normalized spacial score (nSPS) is 11.6. The zero-order valence-electron chi connectivity index (χ0n) is 17.1. The van der Waals surface area contributed by atoms with Gasteiger partial charge in [0, 0.05) is 41.5 Å². The van der Waals surface area contributed by atoms with Crippen LogP contribution in [0, 0.1) is 10.1 Å². The molecule has 0 unspecified atom stereocenters. The van der Waals surface area contributed by atoms with Gasteiger partial charge >= 0.3 is 0 Å². The first kappa shape index (κ1) is 25.0. The Labute approximate surface area is 195 Å². The highest BCUT2D eigenvalue weighted by atomic mass is 35.5. The number of benzene rings is 2. The van der Waals surface area contributed by atoms with Gasteiger partial charge in [0.1, 0.15) is 6.04 Å². The molecule has 0 bridgehead atoms. The molecule has 1 atom stereocenters. The predicted molar refractivity (Wildman–Crippen MR) is 124 cm³/mol. The van der Waals surface area contributed by atoms with E-state index in [0.717, 1.165) is 5.56 Å². The Morgan fingerprint density at radius 2 is 1.87 bits per heavy atom. The lowest BCUT2D eigenvalue weighted by Gasteiger charge is -2.30. The van der Waals surface area contributed by atoms with Gasteiger partial charge in [0.25, 0.3) is 5.69 Å². The van der Waals surface area contributed by atoms with Crippen molar-refractivity contribution in [2.45, 2.75) is 31.7 Å². The number of nitro groups is 1. The molecule has 0 spiro atoms. The molecular weight excluding hydrogens is 461 g/mol. The maximum Gasteiger partial charge on any atom is 0.269 e. The number of carbonyl (C=O) groups excluding carboxylic acids is 2. The van der Waals surface area contributed by atoms with Crippen molar-refractivity contribution in [1.29, 1.82) is 0 Å². The summed E-state index contributed by atoms with van der Waals surface area (Å²) in [5, 5.41) is 14.3. The van der Waals surface area contributed by atoms with Gasteiger partial charge in [0.05, 0.1) is 10.7 Å². The number of nitrogens with zero attached hydrogens (tertiary/aromatic N) is 2. The quantitative estimate of drug-likeness (QED) is 0.390. The van der Waals surface area contributed by atoms with Crippen molar-refractivity contribution in [3.63, 3.8) is 0 Å². The van der Waals surface area contributed by atoms with E-state index in [9.17, 15) is 19.7 Å². The lowest BCUT2D eigenvalue weighted by Crippen LogP contribution is -2.48. The summed E-state index contributed by atoms with van der Waals surface area (Å²) in [7, 11) is 1.53. The van der Waals surface area contributed by atoms with Gasteiger partial charge in [-0.25, -0.2) is 0 Å². The Morgan fingerprint density at radius 3 is 2.42 bits per heavy atom. The number of thioether (sulfide) groups is 1. The zero-order chi connectivity index (χ0) is 23.0. The number of nitrogens with one attached hydrogen (secondary N) is 1. The summed E-state index contributed by atoms with van der Waals surface area (Å²) in [5.41, 5.74) is 1.59. The van der Waals surface area contributed by atoms with E-state index in [0.29, 0.717) is 27.8 Å². The summed E-state index contributed by atoms with van der Waals surface area (Å²) in [6.07, 6.45) is 0.448. The van der Waals surface area contributed by atoms with E-state index < -0.39 is 11.0 Å². The van der Waals surface area contributed by atoms with E-state index in [4.69, 9.17) is 23.2 Å². The summed E-state index contributed by atoms with van der Waals surface area (Å²) in [5.74, 6) is 0.209. The third-order valence-electron chi connectivity index (χ3n) is 4.63. The monoisotopic (exact) mass is 483 g/mol. The Morgan fingerprint density at radius 1 is 1.19 bits per heavy atom. The van der Waals surface area contributed by atoms with Crippen LogP contribution in [0.2, 0.25) is 10.0 Å². The van der Waals surface area contributed by atoms with Crippen molar-refractivity contribution < 1.29 is 14.5 Å². The van der Waals surface area contributed by atoms with Gasteiger partial charge in [-0.2, -0.15) is 0 Å². The fraction of sp³-hybridized carbons (Fsp3) is 0.333. The number of non-ortho nitro benzene ring substituents is 1. The van der Waals surface area contributed by atoms with Crippen LogP contribution < -0.4 is 5.32 Å². The van der Waals surface area contributed by atoms with Gasteiger partial charge in [-0.15, -0.1) is 11.8 Å². The van der Waals surface area contributed by atoms with Gasteiger partial charge in [0.2, 0.25) is 11.8 Å². The maximum absolute atomic E-state index is 13.0. The van der Waals surface area contributed by atoms with E-state index in [2.05, 4.69) is 5.32 Å². The molecule has 10 heteroatoms. The molecule has 0 fully saturated rings. The molecule has 1 N–H and O–H groups in total. The fourth-order valence-electron chi connectivity index (χ4n) is 2.97. The second kappa shape index (κ2) is 11.9. The topological polar surface area (TPSA) is 92.6 Å². The highest BCUT2D eigenvalue weighted by Gasteiger charge is 2.28. The fourth-order valence-corrected chi connectivity index (χ4v) is 4.31. The van der Waals surface area contributed by atoms with E-state index >= 15 is 0 Å². The molecular formula is C21H23Cl2N3O4S. The van der Waals surface area contributed by atoms with Crippen molar-refractivity contribution in [2.75, 3.05) is 12.8 Å². The molecule has 2 aromatic carbocycles. The second-order valence-corrected chi connectivity index (χ2v) is 8.54. The van der Waals surface area contributed by atoms with E-state index in [1.807, 2.05) is 6.92 Å². The smallest absolute Gasteiger partial charge is 0.269 e. The molecule has 0 saturated carbocycles. The first-order valence-electron chi connectivity index (χ1n) is 9.52. The summed E-state index contributed by atoms with van der Waals surface area (Å²) < 4.78 is 0. The summed E-state index contributed by atoms with van der Waals surface area (Å²) >= 11 is 13.6. The number of halogens is 2. The highest BCUT2D eigenvalue weighted by molar-refractivity contribution is 7.99. The second-order valence-electron chi connectivity index (χ2n) is 6.71. The van der Waals surface area contributed by atoms with Crippen LogP contribution in [0.5, 0.6) is 0 Å². The van der Waals surface area contributed by atoms with Crippen LogP contribution in [0.1, 0.15) is 24.5 Å². The van der Waals surface area contributed by atoms with Crippen LogP contribution in [-0.4, -0.2) is 40.5 Å². The number of carbonyl (C=O) groups is 2. The molecule has 0 aliphatic carbocycles. The molecule has 0 aliphatic heterocycles. The molecule has 0 saturated heterocycles. The average molecular weight is 484 g/mol. The minimum Gasteiger partial charge on any atom is -0.357 e. The van der Waals surface area contributed by atoms with Gasteiger partial charge in [0.15, 0.2) is 0 Å². The maximum atomic E-state index is 13.0. The zero-order valence-corrected chi connectivity index (χ0v) is 19.5. The Balaban J connectivity index is 2.11. The molecule has 0 aliphatic rings. The third kappa shape index (κ3) is 7.12. The van der Waals surface area contributed by atoms with Crippen LogP contribution in [-0.2, 0) is 21.9 Å². The van der Waals surface area contributed by atoms with E-state index in [1.165, 1.54) is 35.8 Å². The lowest BCUT2D eigenvalue weighted by atomic mass is 10.1. The Hall–Kier alpha value is -2.29. The van der Waals surface area contributed by atoms with E-state index in [1.54, 1.807) is 30.3 Å². The molecule has 0 heterocycles. The minimum absolute atomic E-state index is 0.0206. The van der Waals surface area contributed by atoms with Crippen molar-refractivity contribution in [2.24, 2.45) is 0 Å². The first-order valence-corrected chi connectivity index (χ1v) is 11.4. The number of amides is 2. The number of hydrogen-bond donors (Lipinski definition) is 1. The van der Waals surface area contributed by atoms with Gasteiger partial charge in [-0.1, -0.05) is 48.3 Å². The van der Waals surface area contributed by atoms with Crippen LogP contribution in [0.15, 0.2) is 42.5 Å². The number of rotatable bonds is 10. The van der Waals surface area contributed by atoms with Crippen molar-refractivity contribution in [3.05, 3.63) is 73.8 Å². The van der Waals surface area contributed by atoms with Crippen LogP contribution in [0.25, 0.3) is 0 Å². The molecule has 7 nitrogen and oxygen atoms in total. The SMILES string of the molecule is CC[C@H](C(=O)NC)N(Cc1ccc(Cl)cc1Cl)C(=O)CSCc1ccc([N+](=O)[O-])cc1. The molecule has 2 amide bonds. The molecule has 0 radical (unpaired) electrons. The Kier molecular flexibility index (Phi) is 9.61. The number of likely N-dealkylation sites (N-methyl/N-ethyl adjacent to an activating group) is 1. The van der Waals surface area contributed by atoms with Gasteiger partial charge < -0.3 is 10.2 Å². The van der Waals surface area contributed by atoms with Crippen LogP contribution in [0.4, 0.5) is 5.69 Å². The van der Waals surface area contributed by atoms with Crippen molar-refractivity contribution in [1.82, 2.24) is 10.2 Å².